The molecule has 4 rings (SSSR count). The Labute approximate surface area is 182 Å². The Kier molecular flexibility index (Phi) is 5.94. The van der Waals surface area contributed by atoms with Crippen LogP contribution >= 0.6 is 0 Å². The summed E-state index contributed by atoms with van der Waals surface area (Å²) in [6.45, 7) is 1.93. The minimum absolute atomic E-state index is 0.0442. The number of nitrogens with two attached hydrogens (primary N) is 1. The van der Waals surface area contributed by atoms with Crippen LogP contribution in [0.15, 0.2) is 64.7 Å². The number of aromatic nitrogens is 2. The number of ether oxygens (including phenoxy) is 1. The topological polar surface area (TPSA) is 138 Å². The van der Waals surface area contributed by atoms with Gasteiger partial charge in [0.15, 0.2) is 11.5 Å². The molecular formula is C21H21N6O3S-. The van der Waals surface area contributed by atoms with Crippen molar-refractivity contribution in [3.05, 3.63) is 71.5 Å². The Balaban J connectivity index is 1.58. The van der Waals surface area contributed by atoms with Crippen LogP contribution in [0, 0.1) is 0 Å². The second-order valence-corrected chi connectivity index (χ2v) is 7.90. The highest BCUT2D eigenvalue weighted by atomic mass is 32.2. The molecule has 1 aliphatic rings. The Hall–Kier alpha value is -3.34. The summed E-state index contributed by atoms with van der Waals surface area (Å²) in [5.74, 6) is 0.812. The van der Waals surface area contributed by atoms with Crippen molar-refractivity contribution in [1.82, 2.24) is 15.4 Å². The Morgan fingerprint density at radius 3 is 2.52 bits per heavy atom. The molecule has 2 aromatic carbocycles. The third kappa shape index (κ3) is 4.41. The SMILES string of the molecule is CNc1ncc(-c2ccc(S(=O)[O-])cc2)nc1C1=NNC(c2ccc(C(C)N)cc2)O1. The van der Waals surface area contributed by atoms with Gasteiger partial charge in [0.1, 0.15) is 0 Å². The number of benzene rings is 2. The molecule has 0 aliphatic carbocycles. The van der Waals surface area contributed by atoms with Gasteiger partial charge in [0, 0.05) is 29.1 Å². The lowest BCUT2D eigenvalue weighted by Gasteiger charge is -2.14. The first-order chi connectivity index (χ1) is 15.0. The summed E-state index contributed by atoms with van der Waals surface area (Å²) in [6, 6.07) is 14.1. The molecule has 9 nitrogen and oxygen atoms in total. The number of hydrazone groups is 1. The van der Waals surface area contributed by atoms with Crippen molar-refractivity contribution in [2.75, 3.05) is 12.4 Å². The van der Waals surface area contributed by atoms with Crippen LogP contribution in [-0.4, -0.2) is 31.7 Å². The van der Waals surface area contributed by atoms with Crippen LogP contribution in [0.1, 0.15) is 36.0 Å². The summed E-state index contributed by atoms with van der Waals surface area (Å²) in [4.78, 5) is 9.25. The maximum absolute atomic E-state index is 11.1. The molecule has 3 aromatic rings. The van der Waals surface area contributed by atoms with Crippen molar-refractivity contribution in [3.8, 4) is 11.3 Å². The summed E-state index contributed by atoms with van der Waals surface area (Å²) in [5.41, 5.74) is 12.5. The number of anilines is 1. The highest BCUT2D eigenvalue weighted by Gasteiger charge is 2.26. The maximum atomic E-state index is 11.1. The lowest BCUT2D eigenvalue weighted by molar-refractivity contribution is 0.191. The molecule has 0 amide bonds. The van der Waals surface area contributed by atoms with E-state index in [1.807, 2.05) is 31.2 Å². The molecule has 160 valence electrons. The number of nitrogens with zero attached hydrogens (tertiary/aromatic N) is 3. The van der Waals surface area contributed by atoms with E-state index in [-0.39, 0.29) is 10.9 Å². The monoisotopic (exact) mass is 437 g/mol. The zero-order valence-electron chi connectivity index (χ0n) is 16.9. The average Bonchev–Trinajstić information content (AvgIpc) is 3.29. The zero-order valence-corrected chi connectivity index (χ0v) is 17.7. The summed E-state index contributed by atoms with van der Waals surface area (Å²) in [5, 5.41) is 7.29. The van der Waals surface area contributed by atoms with Gasteiger partial charge in [-0.2, -0.15) is 0 Å². The lowest BCUT2D eigenvalue weighted by atomic mass is 10.1. The molecule has 3 atom stereocenters. The minimum atomic E-state index is -2.28. The second kappa shape index (κ2) is 8.80. The number of rotatable bonds is 6. The molecule has 10 heteroatoms. The highest BCUT2D eigenvalue weighted by Crippen LogP contribution is 2.26. The smallest absolute Gasteiger partial charge is 0.263 e. The average molecular weight is 438 g/mol. The summed E-state index contributed by atoms with van der Waals surface area (Å²) in [6.07, 6.45) is 1.14. The van der Waals surface area contributed by atoms with E-state index in [0.717, 1.165) is 16.7 Å². The molecular weight excluding hydrogens is 416 g/mol. The van der Waals surface area contributed by atoms with Gasteiger partial charge in [-0.1, -0.05) is 36.4 Å². The van der Waals surface area contributed by atoms with Gasteiger partial charge in [0.25, 0.3) is 5.90 Å². The molecule has 0 saturated carbocycles. The van der Waals surface area contributed by atoms with E-state index in [0.29, 0.717) is 23.1 Å². The fraction of sp³-hybridized carbons (Fsp3) is 0.190. The molecule has 0 radical (unpaired) electrons. The normalized spacial score (nSPS) is 17.3. The Morgan fingerprint density at radius 2 is 1.90 bits per heavy atom. The summed E-state index contributed by atoms with van der Waals surface area (Å²) < 4.78 is 28.2. The van der Waals surface area contributed by atoms with Crippen molar-refractivity contribution in [2.24, 2.45) is 10.8 Å². The number of nitrogens with one attached hydrogen (secondary N) is 2. The maximum Gasteiger partial charge on any atom is 0.263 e. The first kappa shape index (κ1) is 20.9. The fourth-order valence-corrected chi connectivity index (χ4v) is 3.46. The van der Waals surface area contributed by atoms with E-state index < -0.39 is 17.3 Å². The molecule has 1 aliphatic heterocycles. The van der Waals surface area contributed by atoms with Gasteiger partial charge in [-0.3, -0.25) is 9.63 Å². The van der Waals surface area contributed by atoms with Gasteiger partial charge in [0.2, 0.25) is 6.23 Å². The van der Waals surface area contributed by atoms with Crippen LogP contribution in [0.5, 0.6) is 0 Å². The van der Waals surface area contributed by atoms with Gasteiger partial charge in [-0.15, -0.1) is 5.10 Å². The van der Waals surface area contributed by atoms with Crippen LogP contribution in [-0.2, 0) is 15.8 Å². The largest absolute Gasteiger partial charge is 0.768 e. The standard InChI is InChI=1S/C21H22N6O3S/c1-12(22)13-3-5-15(6-4-13)20-26-27-21(30-20)18-19(23-2)24-11-17(25-18)14-7-9-16(10-8-14)31(28)29/h3-12,20,26H,22H2,1-2H3,(H,23,24)(H,28,29)/p-1. The van der Waals surface area contributed by atoms with Gasteiger partial charge in [-0.25, -0.2) is 9.97 Å². The lowest BCUT2D eigenvalue weighted by Crippen LogP contribution is -2.14. The van der Waals surface area contributed by atoms with Crippen molar-refractivity contribution in [3.63, 3.8) is 0 Å². The molecule has 0 spiro atoms. The molecule has 0 fully saturated rings. The van der Waals surface area contributed by atoms with Crippen molar-refractivity contribution in [2.45, 2.75) is 24.1 Å². The first-order valence-electron chi connectivity index (χ1n) is 9.56. The van der Waals surface area contributed by atoms with Crippen molar-refractivity contribution < 1.29 is 13.5 Å². The third-order valence-electron chi connectivity index (χ3n) is 4.83. The molecule has 4 N–H and O–H groups in total. The van der Waals surface area contributed by atoms with E-state index in [4.69, 9.17) is 10.5 Å². The highest BCUT2D eigenvalue weighted by molar-refractivity contribution is 7.79. The quantitative estimate of drug-likeness (QED) is 0.500. The summed E-state index contributed by atoms with van der Waals surface area (Å²) in [7, 11) is 1.73. The van der Waals surface area contributed by atoms with E-state index >= 15 is 0 Å². The molecule has 3 unspecified atom stereocenters. The van der Waals surface area contributed by atoms with Crippen LogP contribution in [0.2, 0.25) is 0 Å². The molecule has 31 heavy (non-hydrogen) atoms. The van der Waals surface area contributed by atoms with Gasteiger partial charge < -0.3 is 20.3 Å². The Morgan fingerprint density at radius 1 is 1.19 bits per heavy atom. The van der Waals surface area contributed by atoms with Gasteiger partial charge in [-0.05, 0) is 35.7 Å². The first-order valence-corrected chi connectivity index (χ1v) is 10.6. The fourth-order valence-electron chi connectivity index (χ4n) is 3.10. The second-order valence-electron chi connectivity index (χ2n) is 6.96. The van der Waals surface area contributed by atoms with Gasteiger partial charge in [0.05, 0.1) is 11.9 Å². The molecule has 2 heterocycles. The number of hydrogen-bond donors (Lipinski definition) is 3. The third-order valence-corrected chi connectivity index (χ3v) is 5.49. The zero-order chi connectivity index (χ0) is 22.0. The predicted octanol–water partition coefficient (Wildman–Crippen LogP) is 2.42. The molecule has 0 saturated heterocycles. The van der Waals surface area contributed by atoms with Crippen LogP contribution < -0.4 is 16.5 Å². The van der Waals surface area contributed by atoms with Crippen LogP contribution in [0.4, 0.5) is 5.82 Å². The molecule has 0 bridgehead atoms. The van der Waals surface area contributed by atoms with Crippen molar-refractivity contribution in [1.29, 1.82) is 0 Å². The van der Waals surface area contributed by atoms with E-state index in [2.05, 4.69) is 25.8 Å². The van der Waals surface area contributed by atoms with Crippen molar-refractivity contribution >= 4 is 22.8 Å². The van der Waals surface area contributed by atoms with E-state index in [9.17, 15) is 8.76 Å². The summed E-state index contributed by atoms with van der Waals surface area (Å²) >= 11 is -2.28. The van der Waals surface area contributed by atoms with E-state index in [1.54, 1.807) is 25.4 Å². The predicted molar refractivity (Wildman–Crippen MR) is 117 cm³/mol. The van der Waals surface area contributed by atoms with Gasteiger partial charge >= 0.3 is 0 Å². The van der Waals surface area contributed by atoms with Crippen LogP contribution in [0.25, 0.3) is 11.3 Å². The van der Waals surface area contributed by atoms with Crippen LogP contribution in [0.3, 0.4) is 0 Å². The van der Waals surface area contributed by atoms with E-state index in [1.165, 1.54) is 12.1 Å². The molecule has 1 aromatic heterocycles. The minimum Gasteiger partial charge on any atom is -0.768 e. The Bertz CT molecular complexity index is 1130. The number of hydrogen-bond acceptors (Lipinski definition) is 9.